The van der Waals surface area contributed by atoms with Gasteiger partial charge >= 0.3 is 5.97 Å². The maximum atomic E-state index is 13.2. The number of carbonyl (C=O) groups excluding carboxylic acids is 3. The first-order valence-corrected chi connectivity index (χ1v) is 11.5. The molecule has 0 radical (unpaired) electrons. The van der Waals surface area contributed by atoms with E-state index in [0.29, 0.717) is 31.9 Å². The molecule has 0 aliphatic carbocycles. The molecule has 0 spiro atoms. The molecule has 3 unspecified atom stereocenters. The second kappa shape index (κ2) is 10.9. The zero-order valence-electron chi connectivity index (χ0n) is 16.9. The van der Waals surface area contributed by atoms with Crippen LogP contribution in [0.1, 0.15) is 65.7 Å². The Morgan fingerprint density at radius 3 is 2.59 bits per heavy atom. The van der Waals surface area contributed by atoms with Crippen LogP contribution in [-0.2, 0) is 19.1 Å². The molecule has 154 valence electrons. The van der Waals surface area contributed by atoms with Crippen LogP contribution in [0.15, 0.2) is 0 Å². The topological polar surface area (TPSA) is 66.9 Å². The van der Waals surface area contributed by atoms with Crippen molar-refractivity contribution < 1.29 is 19.1 Å². The lowest BCUT2D eigenvalue weighted by atomic mass is 9.97. The summed E-state index contributed by atoms with van der Waals surface area (Å²) in [6.07, 6.45) is 5.80. The van der Waals surface area contributed by atoms with Crippen LogP contribution in [0, 0.1) is 5.92 Å². The first-order valence-electron chi connectivity index (χ1n) is 10.4. The smallest absolute Gasteiger partial charge is 0.310 e. The van der Waals surface area contributed by atoms with Crippen molar-refractivity contribution >= 4 is 29.5 Å². The normalized spacial score (nSPS) is 25.5. The van der Waals surface area contributed by atoms with Crippen molar-refractivity contribution in [2.24, 2.45) is 5.92 Å². The fraction of sp³-hybridized carbons (Fsp3) is 0.850. The number of ether oxygens (including phenoxy) is 1. The van der Waals surface area contributed by atoms with Crippen LogP contribution in [0.4, 0.5) is 0 Å². The molecule has 2 rings (SSSR count). The van der Waals surface area contributed by atoms with Crippen molar-refractivity contribution in [1.29, 1.82) is 0 Å². The van der Waals surface area contributed by atoms with Gasteiger partial charge in [0.25, 0.3) is 0 Å². The molecule has 0 aromatic heterocycles. The highest BCUT2D eigenvalue weighted by atomic mass is 32.2. The van der Waals surface area contributed by atoms with Crippen molar-refractivity contribution in [3.8, 4) is 0 Å². The van der Waals surface area contributed by atoms with Crippen molar-refractivity contribution in [2.75, 3.05) is 25.4 Å². The number of piperidine rings is 1. The Hall–Kier alpha value is -1.24. The van der Waals surface area contributed by atoms with E-state index in [-0.39, 0.29) is 29.1 Å². The molecule has 2 heterocycles. The molecule has 27 heavy (non-hydrogen) atoms. The second-order valence-electron chi connectivity index (χ2n) is 7.37. The maximum absolute atomic E-state index is 13.2. The van der Waals surface area contributed by atoms with Gasteiger partial charge in [0.05, 0.1) is 17.9 Å². The molecule has 2 fully saturated rings. The number of nitrogens with zero attached hydrogens (tertiary/aromatic N) is 2. The van der Waals surface area contributed by atoms with Crippen LogP contribution in [-0.4, -0.2) is 64.4 Å². The minimum absolute atomic E-state index is 0.0000463. The summed E-state index contributed by atoms with van der Waals surface area (Å²) in [7, 11) is 0. The average Bonchev–Trinajstić information content (AvgIpc) is 3.10. The third-order valence-electron chi connectivity index (χ3n) is 5.30. The lowest BCUT2D eigenvalue weighted by molar-refractivity contribution is -0.153. The van der Waals surface area contributed by atoms with Crippen molar-refractivity contribution in [1.82, 2.24) is 9.80 Å². The number of esters is 1. The lowest BCUT2D eigenvalue weighted by Crippen LogP contribution is -2.53. The molecule has 0 aromatic carbocycles. The third-order valence-corrected chi connectivity index (χ3v) is 6.65. The van der Waals surface area contributed by atoms with Gasteiger partial charge in [0.1, 0.15) is 6.04 Å². The first kappa shape index (κ1) is 22.1. The van der Waals surface area contributed by atoms with E-state index >= 15 is 0 Å². The summed E-state index contributed by atoms with van der Waals surface area (Å²) in [6.45, 7) is 7.41. The minimum Gasteiger partial charge on any atom is -0.466 e. The molecule has 3 atom stereocenters. The van der Waals surface area contributed by atoms with Crippen molar-refractivity contribution in [3.05, 3.63) is 0 Å². The van der Waals surface area contributed by atoms with E-state index in [9.17, 15) is 14.4 Å². The molecule has 6 nitrogen and oxygen atoms in total. The summed E-state index contributed by atoms with van der Waals surface area (Å²) in [5, 5.41) is 0.0963. The van der Waals surface area contributed by atoms with Crippen LogP contribution in [0.5, 0.6) is 0 Å². The zero-order chi connectivity index (χ0) is 19.8. The standard InChI is InChI=1S/C20H34N2O4S/c1-4-7-11-17(23)22-16(14-27-18(22)9-5-2)19(24)21-12-8-10-15(13-21)20(25)26-6-3/h15-16,18H,4-14H2,1-3H3. The molecule has 2 amide bonds. The quantitative estimate of drug-likeness (QED) is 0.588. The summed E-state index contributed by atoms with van der Waals surface area (Å²) in [5.41, 5.74) is 0. The number of hydrogen-bond donors (Lipinski definition) is 0. The van der Waals surface area contributed by atoms with Crippen molar-refractivity contribution in [3.63, 3.8) is 0 Å². The zero-order valence-corrected chi connectivity index (χ0v) is 17.8. The predicted octanol–water partition coefficient (Wildman–Crippen LogP) is 3.05. The Kier molecular flexibility index (Phi) is 8.93. The molecule has 0 saturated carbocycles. The van der Waals surface area contributed by atoms with E-state index in [2.05, 4.69) is 13.8 Å². The molecular weight excluding hydrogens is 364 g/mol. The van der Waals surface area contributed by atoms with Gasteiger partial charge in [-0.25, -0.2) is 0 Å². The summed E-state index contributed by atoms with van der Waals surface area (Å²) in [4.78, 5) is 41.8. The number of thioether (sulfide) groups is 1. The summed E-state index contributed by atoms with van der Waals surface area (Å²) in [5.74, 6) is 0.294. The highest BCUT2D eigenvalue weighted by Gasteiger charge is 2.43. The van der Waals surface area contributed by atoms with Gasteiger partial charge in [-0.1, -0.05) is 26.7 Å². The van der Waals surface area contributed by atoms with Crippen molar-refractivity contribution in [2.45, 2.75) is 77.1 Å². The Bertz CT molecular complexity index is 528. The maximum Gasteiger partial charge on any atom is 0.310 e. The van der Waals surface area contributed by atoms with E-state index in [1.54, 1.807) is 23.6 Å². The van der Waals surface area contributed by atoms with Crippen LogP contribution >= 0.6 is 11.8 Å². The Morgan fingerprint density at radius 2 is 1.93 bits per heavy atom. The fourth-order valence-electron chi connectivity index (χ4n) is 3.86. The van der Waals surface area contributed by atoms with E-state index in [0.717, 1.165) is 38.5 Å². The van der Waals surface area contributed by atoms with Crippen LogP contribution in [0.2, 0.25) is 0 Å². The molecule has 2 aliphatic heterocycles. The predicted molar refractivity (Wildman–Crippen MR) is 107 cm³/mol. The van der Waals surface area contributed by atoms with Crippen LogP contribution < -0.4 is 0 Å². The molecular formula is C20H34N2O4S. The third kappa shape index (κ3) is 5.62. The van der Waals surface area contributed by atoms with Crippen LogP contribution in [0.25, 0.3) is 0 Å². The van der Waals surface area contributed by atoms with Gasteiger partial charge < -0.3 is 14.5 Å². The van der Waals surface area contributed by atoms with E-state index in [4.69, 9.17) is 4.74 Å². The number of unbranched alkanes of at least 4 members (excludes halogenated alkanes) is 1. The van der Waals surface area contributed by atoms with Gasteiger partial charge in [0.2, 0.25) is 11.8 Å². The SMILES string of the molecule is CCCCC(=O)N1C(CCC)SCC1C(=O)N1CCCC(C(=O)OCC)C1. The summed E-state index contributed by atoms with van der Waals surface area (Å²) >= 11 is 1.72. The van der Waals surface area contributed by atoms with E-state index in [1.807, 2.05) is 4.90 Å². The van der Waals surface area contributed by atoms with E-state index < -0.39 is 6.04 Å². The van der Waals surface area contributed by atoms with E-state index in [1.165, 1.54) is 0 Å². The first-order chi connectivity index (χ1) is 13.0. The van der Waals surface area contributed by atoms with Gasteiger partial charge in [-0.3, -0.25) is 14.4 Å². The second-order valence-corrected chi connectivity index (χ2v) is 8.58. The molecule has 2 aliphatic rings. The van der Waals surface area contributed by atoms with Crippen LogP contribution in [0.3, 0.4) is 0 Å². The molecule has 0 N–H and O–H groups in total. The molecule has 0 bridgehead atoms. The fourth-order valence-corrected chi connectivity index (χ4v) is 5.39. The highest BCUT2D eigenvalue weighted by molar-refractivity contribution is 8.00. The number of amides is 2. The monoisotopic (exact) mass is 398 g/mol. The number of hydrogen-bond acceptors (Lipinski definition) is 5. The minimum atomic E-state index is -0.392. The molecule has 2 saturated heterocycles. The van der Waals surface area contributed by atoms with Gasteiger partial charge in [-0.2, -0.15) is 0 Å². The average molecular weight is 399 g/mol. The van der Waals surface area contributed by atoms with Gasteiger partial charge in [-0.05, 0) is 32.6 Å². The Morgan fingerprint density at radius 1 is 1.15 bits per heavy atom. The Balaban J connectivity index is 2.07. The highest BCUT2D eigenvalue weighted by Crippen LogP contribution is 2.34. The number of likely N-dealkylation sites (tertiary alicyclic amines) is 1. The summed E-state index contributed by atoms with van der Waals surface area (Å²) in [6, 6.07) is -0.392. The molecule has 7 heteroatoms. The summed E-state index contributed by atoms with van der Waals surface area (Å²) < 4.78 is 5.14. The largest absolute Gasteiger partial charge is 0.466 e. The lowest BCUT2D eigenvalue weighted by Gasteiger charge is -2.36. The number of rotatable bonds is 8. The van der Waals surface area contributed by atoms with Gasteiger partial charge in [0.15, 0.2) is 0 Å². The van der Waals surface area contributed by atoms with Gasteiger partial charge in [-0.15, -0.1) is 11.8 Å². The van der Waals surface area contributed by atoms with Gasteiger partial charge in [0, 0.05) is 25.3 Å². The molecule has 0 aromatic rings. The Labute approximate surface area is 167 Å². The number of carbonyl (C=O) groups is 3.